The van der Waals surface area contributed by atoms with Crippen LogP contribution in [0.15, 0.2) is 60.7 Å². The molecule has 0 spiro atoms. The molecule has 1 aliphatic carbocycles. The summed E-state index contributed by atoms with van der Waals surface area (Å²) in [6.45, 7) is 0.301. The van der Waals surface area contributed by atoms with E-state index < -0.39 is 12.1 Å². The molecular formula is C30H34FNO5. The van der Waals surface area contributed by atoms with Gasteiger partial charge in [0.15, 0.2) is 0 Å². The Morgan fingerprint density at radius 2 is 1.81 bits per heavy atom. The lowest BCUT2D eigenvalue weighted by atomic mass is 9.90. The Labute approximate surface area is 217 Å². The van der Waals surface area contributed by atoms with Crippen LogP contribution >= 0.6 is 0 Å². The quantitative estimate of drug-likeness (QED) is 0.337. The minimum absolute atomic E-state index is 0.126. The Balaban J connectivity index is 1.62. The van der Waals surface area contributed by atoms with Gasteiger partial charge >= 0.3 is 5.97 Å². The molecule has 3 aromatic rings. The first-order valence-electron chi connectivity index (χ1n) is 12.4. The summed E-state index contributed by atoms with van der Waals surface area (Å²) in [6, 6.07) is 18.0. The molecule has 0 saturated heterocycles. The van der Waals surface area contributed by atoms with Crippen molar-refractivity contribution < 1.29 is 28.5 Å². The first kappa shape index (κ1) is 26.6. The summed E-state index contributed by atoms with van der Waals surface area (Å²) in [5.74, 6) is 0.937. The molecule has 0 heterocycles. The molecule has 1 saturated carbocycles. The summed E-state index contributed by atoms with van der Waals surface area (Å²) in [5.41, 5.74) is 3.95. The summed E-state index contributed by atoms with van der Waals surface area (Å²) < 4.78 is 31.0. The summed E-state index contributed by atoms with van der Waals surface area (Å²) in [4.78, 5) is 13.7. The van der Waals surface area contributed by atoms with Crippen molar-refractivity contribution in [1.82, 2.24) is 4.90 Å². The largest absolute Gasteiger partial charge is 0.497 e. The first-order chi connectivity index (χ1) is 17.8. The second-order valence-corrected chi connectivity index (χ2v) is 9.67. The van der Waals surface area contributed by atoms with Crippen LogP contribution in [0.25, 0.3) is 11.1 Å². The number of esters is 1. The molecule has 2 atom stereocenters. The second-order valence-electron chi connectivity index (χ2n) is 9.67. The minimum Gasteiger partial charge on any atom is -0.497 e. The molecule has 1 aliphatic rings. The summed E-state index contributed by atoms with van der Waals surface area (Å²) in [7, 11) is 6.99. The van der Waals surface area contributed by atoms with Gasteiger partial charge in [-0.15, -0.1) is 0 Å². The van der Waals surface area contributed by atoms with Gasteiger partial charge in [0.1, 0.15) is 23.9 Å². The highest BCUT2D eigenvalue weighted by molar-refractivity contribution is 5.71. The topological polar surface area (TPSA) is 68.2 Å². The smallest absolute Gasteiger partial charge is 0.308 e. The molecule has 0 aromatic heterocycles. The van der Waals surface area contributed by atoms with Gasteiger partial charge in [-0.1, -0.05) is 30.3 Å². The number of rotatable bonds is 11. The summed E-state index contributed by atoms with van der Waals surface area (Å²) in [6.07, 6.45) is 1.19. The molecule has 1 fully saturated rings. The third-order valence-corrected chi connectivity index (χ3v) is 6.76. The number of benzene rings is 3. The van der Waals surface area contributed by atoms with Crippen molar-refractivity contribution in [2.45, 2.75) is 38.0 Å². The van der Waals surface area contributed by atoms with Gasteiger partial charge < -0.3 is 24.2 Å². The predicted molar refractivity (Wildman–Crippen MR) is 140 cm³/mol. The molecule has 1 unspecified atom stereocenters. The van der Waals surface area contributed by atoms with E-state index in [0.29, 0.717) is 35.2 Å². The number of ether oxygens (including phenoxy) is 3. The van der Waals surface area contributed by atoms with E-state index in [1.54, 1.807) is 37.4 Å². The number of methoxy groups -OCH3 is 2. The fourth-order valence-corrected chi connectivity index (χ4v) is 4.73. The third-order valence-electron chi connectivity index (χ3n) is 6.76. The Morgan fingerprint density at radius 3 is 2.49 bits per heavy atom. The van der Waals surface area contributed by atoms with Gasteiger partial charge in [-0.05, 0) is 85.4 Å². The average Bonchev–Trinajstić information content (AvgIpc) is 3.73. The van der Waals surface area contributed by atoms with Gasteiger partial charge in [-0.3, -0.25) is 4.79 Å². The lowest BCUT2D eigenvalue weighted by molar-refractivity contribution is -0.142. The average molecular weight is 508 g/mol. The minimum atomic E-state index is -0.973. The highest BCUT2D eigenvalue weighted by Crippen LogP contribution is 2.47. The van der Waals surface area contributed by atoms with E-state index in [9.17, 15) is 14.3 Å². The Hall–Kier alpha value is -3.42. The van der Waals surface area contributed by atoms with Gasteiger partial charge in [0.05, 0.1) is 26.7 Å². The van der Waals surface area contributed by atoms with Crippen LogP contribution in [-0.4, -0.2) is 44.3 Å². The van der Waals surface area contributed by atoms with Crippen LogP contribution in [-0.2, 0) is 16.1 Å². The third kappa shape index (κ3) is 6.48. The van der Waals surface area contributed by atoms with Crippen molar-refractivity contribution in [3.05, 3.63) is 83.2 Å². The highest BCUT2D eigenvalue weighted by atomic mass is 19.1. The van der Waals surface area contributed by atoms with Crippen molar-refractivity contribution >= 4 is 5.97 Å². The van der Waals surface area contributed by atoms with E-state index in [-0.39, 0.29) is 18.3 Å². The fourth-order valence-electron chi connectivity index (χ4n) is 4.73. The number of aliphatic hydroxyl groups is 1. The monoisotopic (exact) mass is 507 g/mol. The number of aliphatic hydroxyl groups excluding tert-OH is 1. The first-order valence-corrected chi connectivity index (χ1v) is 12.4. The standard InChI is InChI=1S/C30H34FNO5/c1-32(2)30(20-9-10-20)26-14-19(8-12-24(26)25-16-22(35-3)11-13-27(25)31)18-37-23-7-5-6-21(15-23)28(33)17-29(34)36-4/h5-8,11-16,20,28,30,33H,9-10,17-18H2,1-4H3/t28-,30?/m1/s1. The second kappa shape index (κ2) is 11.8. The van der Waals surface area contributed by atoms with E-state index in [2.05, 4.69) is 29.8 Å². The normalized spacial score (nSPS) is 14.8. The number of carbonyl (C=O) groups excluding carboxylic acids is 1. The Bertz CT molecular complexity index is 1240. The molecule has 3 aromatic carbocycles. The molecule has 6 nitrogen and oxygen atoms in total. The van der Waals surface area contributed by atoms with Crippen LogP contribution in [0.4, 0.5) is 4.39 Å². The molecule has 0 bridgehead atoms. The maximum Gasteiger partial charge on any atom is 0.308 e. The van der Waals surface area contributed by atoms with Crippen molar-refractivity contribution in [2.24, 2.45) is 5.92 Å². The molecule has 196 valence electrons. The number of halogens is 1. The van der Waals surface area contributed by atoms with Crippen LogP contribution in [0, 0.1) is 11.7 Å². The van der Waals surface area contributed by atoms with E-state index in [1.807, 2.05) is 18.2 Å². The van der Waals surface area contributed by atoms with E-state index in [0.717, 1.165) is 29.5 Å². The number of nitrogens with zero attached hydrogens (tertiary/aromatic N) is 1. The van der Waals surface area contributed by atoms with Gasteiger partial charge in [0, 0.05) is 11.6 Å². The van der Waals surface area contributed by atoms with Crippen LogP contribution in [0.1, 0.15) is 48.1 Å². The summed E-state index contributed by atoms with van der Waals surface area (Å²) in [5, 5.41) is 10.3. The van der Waals surface area contributed by atoms with Crippen LogP contribution in [0.5, 0.6) is 11.5 Å². The van der Waals surface area contributed by atoms with Gasteiger partial charge in [-0.2, -0.15) is 0 Å². The number of carbonyl (C=O) groups is 1. The molecule has 0 aliphatic heterocycles. The van der Waals surface area contributed by atoms with Crippen molar-refractivity contribution in [2.75, 3.05) is 28.3 Å². The van der Waals surface area contributed by atoms with Crippen LogP contribution in [0.2, 0.25) is 0 Å². The lowest BCUT2D eigenvalue weighted by Gasteiger charge is -2.28. The van der Waals surface area contributed by atoms with Gasteiger partial charge in [-0.25, -0.2) is 4.39 Å². The SMILES string of the molecule is COC(=O)C[C@@H](O)c1cccc(OCc2ccc(-c3cc(OC)ccc3F)c(C(C3CC3)N(C)C)c2)c1. The molecule has 7 heteroatoms. The van der Waals surface area contributed by atoms with Crippen LogP contribution < -0.4 is 9.47 Å². The van der Waals surface area contributed by atoms with E-state index >= 15 is 0 Å². The summed E-state index contributed by atoms with van der Waals surface area (Å²) >= 11 is 0. The maximum absolute atomic E-state index is 15.0. The molecule has 37 heavy (non-hydrogen) atoms. The zero-order valence-corrected chi connectivity index (χ0v) is 21.7. The van der Waals surface area contributed by atoms with E-state index in [4.69, 9.17) is 9.47 Å². The molecule has 0 amide bonds. The molecule has 4 rings (SSSR count). The zero-order valence-electron chi connectivity index (χ0n) is 21.7. The van der Waals surface area contributed by atoms with Crippen molar-refractivity contribution in [3.63, 3.8) is 0 Å². The lowest BCUT2D eigenvalue weighted by Crippen LogP contribution is -2.22. The predicted octanol–water partition coefficient (Wildman–Crippen LogP) is 5.69. The molecule has 1 N–H and O–H groups in total. The van der Waals surface area contributed by atoms with Crippen LogP contribution in [0.3, 0.4) is 0 Å². The van der Waals surface area contributed by atoms with Crippen molar-refractivity contribution in [3.8, 4) is 22.6 Å². The molecule has 0 radical (unpaired) electrons. The molecular weight excluding hydrogens is 473 g/mol. The fraction of sp³-hybridized carbons (Fsp3) is 0.367. The van der Waals surface area contributed by atoms with E-state index in [1.165, 1.54) is 13.2 Å². The van der Waals surface area contributed by atoms with Gasteiger partial charge in [0.2, 0.25) is 0 Å². The number of hydrogen-bond donors (Lipinski definition) is 1. The number of hydrogen-bond acceptors (Lipinski definition) is 6. The maximum atomic E-state index is 15.0. The Morgan fingerprint density at radius 1 is 1.03 bits per heavy atom. The Kier molecular flexibility index (Phi) is 8.46. The van der Waals surface area contributed by atoms with Gasteiger partial charge in [0.25, 0.3) is 0 Å². The highest BCUT2D eigenvalue weighted by Gasteiger charge is 2.35. The van der Waals surface area contributed by atoms with Crippen molar-refractivity contribution in [1.29, 1.82) is 0 Å². The zero-order chi connectivity index (χ0) is 26.5.